The molecule has 5 nitrogen and oxygen atoms in total. The fourth-order valence-electron chi connectivity index (χ4n) is 2.95. The highest BCUT2D eigenvalue weighted by atomic mass is 19.4. The number of allylic oxidation sites excluding steroid dienone is 3. The largest absolute Gasteiger partial charge is 0.523 e. The second-order valence-electron chi connectivity index (χ2n) is 6.78. The van der Waals surface area contributed by atoms with Crippen molar-refractivity contribution in [2.24, 2.45) is 4.99 Å². The average Bonchev–Trinajstić information content (AvgIpc) is 2.70. The fourth-order valence-corrected chi connectivity index (χ4v) is 2.95. The number of hydrogen-bond donors (Lipinski definition) is 1. The van der Waals surface area contributed by atoms with Gasteiger partial charge >= 0.3 is 6.36 Å². The van der Waals surface area contributed by atoms with Gasteiger partial charge in [-0.1, -0.05) is 36.8 Å². The Labute approximate surface area is 180 Å². The molecule has 0 spiro atoms. The van der Waals surface area contributed by atoms with Crippen LogP contribution in [-0.4, -0.2) is 68.9 Å². The molecule has 0 aromatic carbocycles. The van der Waals surface area contributed by atoms with Gasteiger partial charge in [-0.25, -0.2) is 4.39 Å². The minimum atomic E-state index is -4.75. The third-order valence-electron chi connectivity index (χ3n) is 4.36. The lowest BCUT2D eigenvalue weighted by Crippen LogP contribution is -2.44. The zero-order chi connectivity index (χ0) is 23.4. The van der Waals surface area contributed by atoms with Crippen LogP contribution in [0.4, 0.5) is 17.6 Å². The Bertz CT molecular complexity index is 792. The molecule has 170 valence electrons. The normalized spacial score (nSPS) is 17.2. The molecule has 1 N–H and O–H groups in total. The summed E-state index contributed by atoms with van der Waals surface area (Å²) in [5.74, 6) is 2.42. The minimum Gasteiger partial charge on any atom is -0.298 e. The fraction of sp³-hybridized carbons (Fsp3) is 0.455. The highest BCUT2D eigenvalue weighted by molar-refractivity contribution is 6.16. The van der Waals surface area contributed by atoms with Crippen molar-refractivity contribution in [3.05, 3.63) is 47.6 Å². The van der Waals surface area contributed by atoms with Gasteiger partial charge in [0, 0.05) is 18.7 Å². The Kier molecular flexibility index (Phi) is 11.1. The second-order valence-corrected chi connectivity index (χ2v) is 6.78. The monoisotopic (exact) mass is 441 g/mol. The highest BCUT2D eigenvalue weighted by Gasteiger charge is 2.31. The molecular weight excluding hydrogens is 414 g/mol. The van der Waals surface area contributed by atoms with E-state index in [1.807, 2.05) is 0 Å². The Hall–Kier alpha value is -2.54. The topological polar surface area (TPSA) is 53.9 Å². The molecule has 0 saturated heterocycles. The summed E-state index contributed by atoms with van der Waals surface area (Å²) >= 11 is 0. The number of aliphatic imine (C=N–C) groups is 1. The number of rotatable bonds is 12. The molecule has 1 rings (SSSR count). The summed E-state index contributed by atoms with van der Waals surface area (Å²) in [6.45, 7) is 5.31. The summed E-state index contributed by atoms with van der Waals surface area (Å²) in [6, 6.07) is 0. The molecule has 1 aliphatic heterocycles. The first-order valence-electron chi connectivity index (χ1n) is 9.56. The third-order valence-corrected chi connectivity index (χ3v) is 4.36. The van der Waals surface area contributed by atoms with Crippen LogP contribution in [-0.2, 0) is 9.53 Å². The van der Waals surface area contributed by atoms with E-state index in [0.29, 0.717) is 35.4 Å². The van der Waals surface area contributed by atoms with Crippen molar-refractivity contribution in [3.63, 3.8) is 0 Å². The first-order chi connectivity index (χ1) is 14.6. The number of carbonyl (C=O) groups is 1. The minimum absolute atomic E-state index is 0.167. The van der Waals surface area contributed by atoms with Gasteiger partial charge in [0.1, 0.15) is 13.0 Å². The standard InChI is InChI=1S/C22H27F4N3O2/c1-5-12-27-20(9-8-17(3)31-22(24,25)26)29(4)14-19-18(15-30)10-13-28-21(19)16(2)7-6-11-23/h1,6-9,15,17,20,27H,2,10-14H2,3-4H3/b7-6-,9-8-. The molecule has 2 atom stereocenters. The Morgan fingerprint density at radius 1 is 1.45 bits per heavy atom. The molecule has 2 unspecified atom stereocenters. The molecule has 0 amide bonds. The SMILES string of the molecule is C#CCNC(/C=C\C(C)OC(F)(F)F)N(C)CC1=C(C=O)CCN=C1C(=C)/C=C\CF. The van der Waals surface area contributed by atoms with Gasteiger partial charge in [0.2, 0.25) is 0 Å². The summed E-state index contributed by atoms with van der Waals surface area (Å²) in [5, 5.41) is 3.02. The Morgan fingerprint density at radius 2 is 2.16 bits per heavy atom. The quantitative estimate of drug-likeness (QED) is 0.126. The lowest BCUT2D eigenvalue weighted by molar-refractivity contribution is -0.334. The molecule has 9 heteroatoms. The maximum Gasteiger partial charge on any atom is 0.523 e. The number of dihydropyridines is 1. The van der Waals surface area contributed by atoms with Crippen molar-refractivity contribution in [1.29, 1.82) is 0 Å². The third kappa shape index (κ3) is 9.42. The van der Waals surface area contributed by atoms with Crippen molar-refractivity contribution in [3.8, 4) is 12.3 Å². The van der Waals surface area contributed by atoms with Gasteiger partial charge in [-0.15, -0.1) is 19.6 Å². The van der Waals surface area contributed by atoms with Gasteiger partial charge in [-0.3, -0.25) is 24.7 Å². The molecule has 0 aromatic heterocycles. The molecule has 0 fully saturated rings. The van der Waals surface area contributed by atoms with Crippen LogP contribution in [0.2, 0.25) is 0 Å². The van der Waals surface area contributed by atoms with E-state index in [0.717, 1.165) is 6.29 Å². The van der Waals surface area contributed by atoms with Crippen molar-refractivity contribution in [2.45, 2.75) is 32.0 Å². The van der Waals surface area contributed by atoms with Crippen molar-refractivity contribution >= 4 is 12.0 Å². The van der Waals surface area contributed by atoms with Gasteiger partial charge in [-0.2, -0.15) is 0 Å². The summed E-state index contributed by atoms with van der Waals surface area (Å²) < 4.78 is 53.6. The van der Waals surface area contributed by atoms with Gasteiger partial charge in [0.25, 0.3) is 0 Å². The average molecular weight is 441 g/mol. The van der Waals surface area contributed by atoms with Crippen LogP contribution < -0.4 is 5.32 Å². The van der Waals surface area contributed by atoms with Crippen LogP contribution in [0.3, 0.4) is 0 Å². The van der Waals surface area contributed by atoms with E-state index in [1.54, 1.807) is 11.9 Å². The van der Waals surface area contributed by atoms with E-state index in [9.17, 15) is 22.4 Å². The number of likely N-dealkylation sites (N-methyl/N-ethyl adjacent to an activating group) is 1. The van der Waals surface area contributed by atoms with Crippen LogP contribution >= 0.6 is 0 Å². The zero-order valence-electron chi connectivity index (χ0n) is 17.6. The van der Waals surface area contributed by atoms with E-state index < -0.39 is 25.3 Å². The van der Waals surface area contributed by atoms with Crippen molar-refractivity contribution in [2.75, 3.05) is 33.4 Å². The van der Waals surface area contributed by atoms with Crippen LogP contribution in [0.25, 0.3) is 0 Å². The van der Waals surface area contributed by atoms with E-state index in [-0.39, 0.29) is 13.1 Å². The van der Waals surface area contributed by atoms with Crippen LogP contribution in [0.5, 0.6) is 0 Å². The predicted molar refractivity (Wildman–Crippen MR) is 113 cm³/mol. The smallest absolute Gasteiger partial charge is 0.298 e. The molecule has 31 heavy (non-hydrogen) atoms. The molecule has 0 saturated carbocycles. The van der Waals surface area contributed by atoms with Crippen LogP contribution in [0.15, 0.2) is 52.6 Å². The molecule has 1 aliphatic rings. The predicted octanol–water partition coefficient (Wildman–Crippen LogP) is 3.37. The lowest BCUT2D eigenvalue weighted by atomic mass is 9.93. The van der Waals surface area contributed by atoms with E-state index in [4.69, 9.17) is 6.42 Å². The highest BCUT2D eigenvalue weighted by Crippen LogP contribution is 2.22. The summed E-state index contributed by atoms with van der Waals surface area (Å²) in [7, 11) is 1.72. The lowest BCUT2D eigenvalue weighted by Gasteiger charge is -2.29. The Morgan fingerprint density at radius 3 is 2.74 bits per heavy atom. The number of halogens is 4. The number of ether oxygens (including phenoxy) is 1. The van der Waals surface area contributed by atoms with Gasteiger partial charge in [0.15, 0.2) is 0 Å². The van der Waals surface area contributed by atoms with E-state index >= 15 is 0 Å². The van der Waals surface area contributed by atoms with Crippen molar-refractivity contribution < 1.29 is 27.1 Å². The van der Waals surface area contributed by atoms with E-state index in [1.165, 1.54) is 31.2 Å². The maximum atomic E-state index is 12.5. The molecular formula is C22H27F4N3O2. The molecule has 1 heterocycles. The van der Waals surface area contributed by atoms with E-state index in [2.05, 4.69) is 27.5 Å². The molecule has 0 aromatic rings. The van der Waals surface area contributed by atoms with Crippen molar-refractivity contribution in [1.82, 2.24) is 10.2 Å². The number of terminal acetylenes is 1. The first-order valence-corrected chi connectivity index (χ1v) is 9.56. The molecule has 0 radical (unpaired) electrons. The number of alkyl halides is 4. The summed E-state index contributed by atoms with van der Waals surface area (Å²) in [6.07, 6.45) is 5.57. The Balaban J connectivity index is 3.08. The number of carbonyl (C=O) groups excluding carboxylic acids is 1. The number of hydrogen-bond acceptors (Lipinski definition) is 5. The molecule has 0 aliphatic carbocycles. The van der Waals surface area contributed by atoms with Crippen LogP contribution in [0.1, 0.15) is 13.3 Å². The van der Waals surface area contributed by atoms with Crippen LogP contribution in [0, 0.1) is 12.3 Å². The summed E-state index contributed by atoms with van der Waals surface area (Å²) in [4.78, 5) is 17.8. The zero-order valence-corrected chi connectivity index (χ0v) is 17.6. The van der Waals surface area contributed by atoms with Gasteiger partial charge in [0.05, 0.1) is 24.5 Å². The number of nitrogens with one attached hydrogen (secondary N) is 1. The second kappa shape index (κ2) is 13.0. The number of nitrogens with zero attached hydrogens (tertiary/aromatic N) is 2. The maximum absolute atomic E-state index is 12.5. The van der Waals surface area contributed by atoms with Gasteiger partial charge in [-0.05, 0) is 31.5 Å². The van der Waals surface area contributed by atoms with Gasteiger partial charge < -0.3 is 0 Å². The first kappa shape index (κ1) is 26.5. The number of aldehydes is 1. The summed E-state index contributed by atoms with van der Waals surface area (Å²) in [5.41, 5.74) is 2.13. The molecule has 0 bridgehead atoms.